The van der Waals surface area contributed by atoms with E-state index in [1.807, 2.05) is 18.4 Å². The zero-order chi connectivity index (χ0) is 10.9. The van der Waals surface area contributed by atoms with Crippen LogP contribution in [0.25, 0.3) is 0 Å². The Balaban J connectivity index is 2.19. The van der Waals surface area contributed by atoms with E-state index < -0.39 is 5.60 Å². The zero-order valence-corrected chi connectivity index (χ0v) is 9.77. The van der Waals surface area contributed by atoms with Gasteiger partial charge in [0.2, 0.25) is 0 Å². The van der Waals surface area contributed by atoms with Crippen molar-refractivity contribution in [2.75, 3.05) is 0 Å². The predicted octanol–water partition coefficient (Wildman–Crippen LogP) is 2.93. The molecule has 2 nitrogen and oxygen atoms in total. The molecule has 1 heterocycles. The fourth-order valence-corrected chi connectivity index (χ4v) is 2.88. The first-order valence-electron chi connectivity index (χ1n) is 5.44. The first-order valence-corrected chi connectivity index (χ1v) is 6.32. The summed E-state index contributed by atoms with van der Waals surface area (Å²) in [5, 5.41) is 12.1. The second-order valence-corrected chi connectivity index (χ2v) is 5.48. The summed E-state index contributed by atoms with van der Waals surface area (Å²) in [5.41, 5.74) is -0.395. The van der Waals surface area contributed by atoms with Crippen LogP contribution in [0.4, 0.5) is 0 Å². The van der Waals surface area contributed by atoms with Crippen molar-refractivity contribution in [3.05, 3.63) is 21.9 Å². The number of Topliss-reactive ketones (excluding diaryl/α,β-unsaturated/α-hetero) is 1. The minimum atomic E-state index is -1.08. The van der Waals surface area contributed by atoms with Crippen LogP contribution in [0.1, 0.15) is 47.3 Å². The normalized spacial score (nSPS) is 20.1. The van der Waals surface area contributed by atoms with Crippen LogP contribution in [-0.4, -0.2) is 16.5 Å². The standard InChI is InChI=1S/C12H16O2S/c1-9-7-10(8-15-9)11(13)12(14)5-3-2-4-6-12/h7-8,14H,2-6H2,1H3. The third-order valence-corrected chi connectivity index (χ3v) is 3.96. The Morgan fingerprint density at radius 3 is 2.60 bits per heavy atom. The third kappa shape index (κ3) is 2.13. The molecular weight excluding hydrogens is 208 g/mol. The molecule has 0 spiro atoms. The fourth-order valence-electron chi connectivity index (χ4n) is 2.19. The van der Waals surface area contributed by atoms with Crippen molar-refractivity contribution in [1.82, 2.24) is 0 Å². The van der Waals surface area contributed by atoms with E-state index >= 15 is 0 Å². The van der Waals surface area contributed by atoms with E-state index in [0.29, 0.717) is 18.4 Å². The van der Waals surface area contributed by atoms with Crippen molar-refractivity contribution >= 4 is 17.1 Å². The van der Waals surface area contributed by atoms with Gasteiger partial charge in [0.25, 0.3) is 0 Å². The number of thiophene rings is 1. The Bertz CT molecular complexity index is 361. The van der Waals surface area contributed by atoms with Crippen LogP contribution in [-0.2, 0) is 0 Å². The Morgan fingerprint density at radius 2 is 2.07 bits per heavy atom. The minimum Gasteiger partial charge on any atom is -0.382 e. The Labute approximate surface area is 93.9 Å². The maximum absolute atomic E-state index is 12.1. The highest BCUT2D eigenvalue weighted by molar-refractivity contribution is 7.10. The van der Waals surface area contributed by atoms with Gasteiger partial charge in [0.05, 0.1) is 0 Å². The van der Waals surface area contributed by atoms with Crippen LogP contribution in [0.5, 0.6) is 0 Å². The van der Waals surface area contributed by atoms with Crippen LogP contribution in [0.15, 0.2) is 11.4 Å². The first kappa shape index (κ1) is 10.8. The van der Waals surface area contributed by atoms with Crippen LogP contribution < -0.4 is 0 Å². The lowest BCUT2D eigenvalue weighted by molar-refractivity contribution is 0.0117. The summed E-state index contributed by atoms with van der Waals surface area (Å²) in [6, 6.07) is 1.87. The Kier molecular flexibility index (Phi) is 2.94. The molecule has 1 aromatic rings. The molecule has 1 aliphatic carbocycles. The summed E-state index contributed by atoms with van der Waals surface area (Å²) in [7, 11) is 0. The van der Waals surface area contributed by atoms with Crippen molar-refractivity contribution < 1.29 is 9.90 Å². The molecule has 1 N–H and O–H groups in total. The van der Waals surface area contributed by atoms with Gasteiger partial charge in [-0.15, -0.1) is 11.3 Å². The van der Waals surface area contributed by atoms with Gasteiger partial charge in [-0.3, -0.25) is 4.79 Å². The second-order valence-electron chi connectivity index (χ2n) is 4.37. The van der Waals surface area contributed by atoms with Gasteiger partial charge in [0.15, 0.2) is 5.78 Å². The topological polar surface area (TPSA) is 37.3 Å². The first-order chi connectivity index (χ1) is 7.12. The third-order valence-electron chi connectivity index (χ3n) is 3.10. The molecule has 15 heavy (non-hydrogen) atoms. The van der Waals surface area contributed by atoms with E-state index in [1.165, 1.54) is 0 Å². The van der Waals surface area contributed by atoms with Crippen molar-refractivity contribution in [2.24, 2.45) is 0 Å². The maximum Gasteiger partial charge on any atom is 0.195 e. The number of aliphatic hydroxyl groups is 1. The highest BCUT2D eigenvalue weighted by Crippen LogP contribution is 2.32. The number of aryl methyl sites for hydroxylation is 1. The Hall–Kier alpha value is -0.670. The summed E-state index contributed by atoms with van der Waals surface area (Å²) in [6.07, 6.45) is 4.32. The molecule has 0 unspecified atom stereocenters. The molecule has 82 valence electrons. The van der Waals surface area contributed by atoms with E-state index in [2.05, 4.69) is 0 Å². The predicted molar refractivity (Wildman–Crippen MR) is 61.4 cm³/mol. The van der Waals surface area contributed by atoms with E-state index in [0.717, 1.165) is 24.1 Å². The van der Waals surface area contributed by atoms with E-state index in [1.54, 1.807) is 11.3 Å². The van der Waals surface area contributed by atoms with Crippen LogP contribution in [0, 0.1) is 6.92 Å². The number of hydrogen-bond acceptors (Lipinski definition) is 3. The van der Waals surface area contributed by atoms with Crippen molar-refractivity contribution in [1.29, 1.82) is 0 Å². The fraction of sp³-hybridized carbons (Fsp3) is 0.583. The minimum absolute atomic E-state index is 0.0773. The van der Waals surface area contributed by atoms with E-state index in [9.17, 15) is 9.90 Å². The van der Waals surface area contributed by atoms with Crippen LogP contribution in [0.2, 0.25) is 0 Å². The van der Waals surface area contributed by atoms with E-state index in [4.69, 9.17) is 0 Å². The second kappa shape index (κ2) is 4.06. The van der Waals surface area contributed by atoms with Crippen LogP contribution in [0.3, 0.4) is 0 Å². The Morgan fingerprint density at radius 1 is 1.40 bits per heavy atom. The largest absolute Gasteiger partial charge is 0.382 e. The lowest BCUT2D eigenvalue weighted by atomic mass is 9.80. The molecule has 0 bridgehead atoms. The molecule has 0 aliphatic heterocycles. The SMILES string of the molecule is Cc1cc(C(=O)C2(O)CCCCC2)cs1. The molecule has 1 saturated carbocycles. The van der Waals surface area contributed by atoms with Crippen molar-refractivity contribution in [3.8, 4) is 0 Å². The van der Waals surface area contributed by atoms with Gasteiger partial charge < -0.3 is 5.11 Å². The van der Waals surface area contributed by atoms with Gasteiger partial charge in [-0.25, -0.2) is 0 Å². The molecule has 1 aromatic heterocycles. The molecule has 1 fully saturated rings. The molecule has 0 atom stereocenters. The lowest BCUT2D eigenvalue weighted by Gasteiger charge is -2.30. The number of carbonyl (C=O) groups excluding carboxylic acids is 1. The molecule has 0 saturated heterocycles. The van der Waals surface area contributed by atoms with Gasteiger partial charge in [0.1, 0.15) is 5.60 Å². The summed E-state index contributed by atoms with van der Waals surface area (Å²) >= 11 is 1.56. The summed E-state index contributed by atoms with van der Waals surface area (Å²) in [4.78, 5) is 13.2. The molecule has 2 rings (SSSR count). The molecular formula is C12H16O2S. The summed E-state index contributed by atoms with van der Waals surface area (Å²) in [6.45, 7) is 1.98. The molecule has 0 amide bonds. The number of ketones is 1. The summed E-state index contributed by atoms with van der Waals surface area (Å²) < 4.78 is 0. The highest BCUT2D eigenvalue weighted by atomic mass is 32.1. The van der Waals surface area contributed by atoms with Crippen molar-refractivity contribution in [2.45, 2.75) is 44.6 Å². The summed E-state index contributed by atoms with van der Waals surface area (Å²) in [5.74, 6) is -0.0773. The zero-order valence-electron chi connectivity index (χ0n) is 8.95. The number of hydrogen-bond donors (Lipinski definition) is 1. The van der Waals surface area contributed by atoms with Gasteiger partial charge >= 0.3 is 0 Å². The van der Waals surface area contributed by atoms with Gasteiger partial charge in [-0.05, 0) is 25.8 Å². The van der Waals surface area contributed by atoms with Gasteiger partial charge in [0, 0.05) is 15.8 Å². The van der Waals surface area contributed by atoms with Crippen LogP contribution >= 0.6 is 11.3 Å². The number of carbonyl (C=O) groups is 1. The number of rotatable bonds is 2. The van der Waals surface area contributed by atoms with Gasteiger partial charge in [-0.1, -0.05) is 19.3 Å². The average Bonchev–Trinajstić information content (AvgIpc) is 2.65. The highest BCUT2D eigenvalue weighted by Gasteiger charge is 2.37. The molecule has 0 radical (unpaired) electrons. The average molecular weight is 224 g/mol. The molecule has 3 heteroatoms. The lowest BCUT2D eigenvalue weighted by Crippen LogP contribution is -2.40. The quantitative estimate of drug-likeness (QED) is 0.784. The monoisotopic (exact) mass is 224 g/mol. The maximum atomic E-state index is 12.1. The smallest absolute Gasteiger partial charge is 0.195 e. The van der Waals surface area contributed by atoms with Crippen molar-refractivity contribution in [3.63, 3.8) is 0 Å². The van der Waals surface area contributed by atoms with Gasteiger partial charge in [-0.2, -0.15) is 0 Å². The van der Waals surface area contributed by atoms with E-state index in [-0.39, 0.29) is 5.78 Å². The molecule has 1 aliphatic rings. The molecule has 0 aromatic carbocycles.